The molecule has 0 unspecified atom stereocenters. The third-order valence-electron chi connectivity index (χ3n) is 3.66. The normalized spacial score (nSPS) is 14.2. The van der Waals surface area contributed by atoms with E-state index in [1.54, 1.807) is 11.0 Å². The summed E-state index contributed by atoms with van der Waals surface area (Å²) in [6, 6.07) is 7.22. The lowest BCUT2D eigenvalue weighted by molar-refractivity contribution is -0.137. The molecule has 0 saturated carbocycles. The minimum absolute atomic E-state index is 0.0262. The van der Waals surface area contributed by atoms with Crippen molar-refractivity contribution >= 4 is 23.3 Å². The topological polar surface area (TPSA) is 86.9 Å². The van der Waals surface area contributed by atoms with Crippen molar-refractivity contribution in [2.45, 2.75) is 19.3 Å². The van der Waals surface area contributed by atoms with Gasteiger partial charge in [-0.2, -0.15) is 0 Å². The van der Waals surface area contributed by atoms with Crippen LogP contribution in [0.1, 0.15) is 19.3 Å². The first-order chi connectivity index (χ1) is 10.1. The van der Waals surface area contributed by atoms with Crippen LogP contribution >= 0.6 is 0 Å². The van der Waals surface area contributed by atoms with Crippen LogP contribution in [-0.2, 0) is 9.59 Å². The number of rotatable bonds is 6. The molecule has 21 heavy (non-hydrogen) atoms. The standard InChI is InChI=1S/C15H21N3O3/c16-12-5-1-2-6-13(12)18(10-7-15(20)21)11-14(19)17-8-3-4-9-17/h1-2,5-6H,3-4,7-11,16H2,(H,20,21). The van der Waals surface area contributed by atoms with Gasteiger partial charge in [0.05, 0.1) is 24.3 Å². The van der Waals surface area contributed by atoms with E-state index in [9.17, 15) is 9.59 Å². The molecule has 1 aliphatic rings. The average molecular weight is 291 g/mol. The molecular formula is C15H21N3O3. The van der Waals surface area contributed by atoms with Gasteiger partial charge in [-0.1, -0.05) is 12.1 Å². The Balaban J connectivity index is 2.09. The molecule has 1 aromatic carbocycles. The Kier molecular flexibility index (Phi) is 5.03. The highest BCUT2D eigenvalue weighted by atomic mass is 16.4. The molecule has 1 fully saturated rings. The molecule has 2 rings (SSSR count). The smallest absolute Gasteiger partial charge is 0.305 e. The van der Waals surface area contributed by atoms with Crippen LogP contribution < -0.4 is 10.6 Å². The van der Waals surface area contributed by atoms with E-state index >= 15 is 0 Å². The number of nitrogens with two attached hydrogens (primary N) is 1. The number of carbonyl (C=O) groups is 2. The number of aliphatic carboxylic acids is 1. The van der Waals surface area contributed by atoms with Gasteiger partial charge in [-0.3, -0.25) is 9.59 Å². The van der Waals surface area contributed by atoms with Crippen molar-refractivity contribution in [1.82, 2.24) is 4.90 Å². The van der Waals surface area contributed by atoms with Crippen LogP contribution in [0.5, 0.6) is 0 Å². The average Bonchev–Trinajstić information content (AvgIpc) is 2.98. The molecule has 0 atom stereocenters. The second-order valence-corrected chi connectivity index (χ2v) is 5.21. The summed E-state index contributed by atoms with van der Waals surface area (Å²) in [5, 5.41) is 8.87. The minimum Gasteiger partial charge on any atom is -0.481 e. The summed E-state index contributed by atoms with van der Waals surface area (Å²) in [6.07, 6.45) is 2.05. The zero-order valence-corrected chi connectivity index (χ0v) is 12.0. The van der Waals surface area contributed by atoms with Crippen LogP contribution in [0, 0.1) is 0 Å². The van der Waals surface area contributed by atoms with E-state index in [0.29, 0.717) is 11.4 Å². The Labute approximate surface area is 124 Å². The maximum absolute atomic E-state index is 12.3. The quantitative estimate of drug-likeness (QED) is 0.768. The summed E-state index contributed by atoms with van der Waals surface area (Å²) in [5.74, 6) is -0.857. The Morgan fingerprint density at radius 2 is 1.90 bits per heavy atom. The van der Waals surface area contributed by atoms with Crippen LogP contribution in [0.3, 0.4) is 0 Å². The number of carboxylic acid groups (broad SMARTS) is 1. The fraction of sp³-hybridized carbons (Fsp3) is 0.467. The number of nitrogen functional groups attached to an aromatic ring is 1. The molecule has 1 amide bonds. The molecule has 0 aromatic heterocycles. The van der Waals surface area contributed by atoms with Gasteiger partial charge in [-0.15, -0.1) is 0 Å². The fourth-order valence-corrected chi connectivity index (χ4v) is 2.52. The van der Waals surface area contributed by atoms with E-state index in [-0.39, 0.29) is 25.4 Å². The van der Waals surface area contributed by atoms with Gasteiger partial charge in [0, 0.05) is 19.6 Å². The van der Waals surface area contributed by atoms with E-state index in [1.807, 2.05) is 23.1 Å². The van der Waals surface area contributed by atoms with Gasteiger partial charge in [-0.25, -0.2) is 0 Å². The van der Waals surface area contributed by atoms with E-state index in [0.717, 1.165) is 25.9 Å². The number of likely N-dealkylation sites (tertiary alicyclic amines) is 1. The number of carbonyl (C=O) groups excluding carboxylic acids is 1. The van der Waals surface area contributed by atoms with Crippen molar-refractivity contribution in [2.24, 2.45) is 0 Å². The second-order valence-electron chi connectivity index (χ2n) is 5.21. The molecule has 1 aromatic rings. The van der Waals surface area contributed by atoms with E-state index < -0.39 is 5.97 Å². The molecule has 6 heteroatoms. The number of nitrogens with zero attached hydrogens (tertiary/aromatic N) is 2. The SMILES string of the molecule is Nc1ccccc1N(CCC(=O)O)CC(=O)N1CCCC1. The highest BCUT2D eigenvalue weighted by molar-refractivity contribution is 5.83. The molecule has 1 saturated heterocycles. The predicted molar refractivity (Wildman–Crippen MR) is 81.1 cm³/mol. The van der Waals surface area contributed by atoms with Gasteiger partial charge in [0.2, 0.25) is 5.91 Å². The Hall–Kier alpha value is -2.24. The zero-order chi connectivity index (χ0) is 15.2. The number of para-hydroxylation sites is 2. The minimum atomic E-state index is -0.886. The van der Waals surface area contributed by atoms with E-state index in [2.05, 4.69) is 0 Å². The first-order valence-corrected chi connectivity index (χ1v) is 7.17. The summed E-state index contributed by atoms with van der Waals surface area (Å²) in [5.41, 5.74) is 7.21. The van der Waals surface area contributed by atoms with Gasteiger partial charge in [-0.05, 0) is 25.0 Å². The molecule has 0 spiro atoms. The lowest BCUT2D eigenvalue weighted by atomic mass is 10.2. The number of hydrogen-bond acceptors (Lipinski definition) is 4. The maximum Gasteiger partial charge on any atom is 0.305 e. The van der Waals surface area contributed by atoms with Crippen molar-refractivity contribution in [3.8, 4) is 0 Å². The van der Waals surface area contributed by atoms with Crippen LogP contribution in [-0.4, -0.2) is 48.1 Å². The Morgan fingerprint density at radius 3 is 2.52 bits per heavy atom. The van der Waals surface area contributed by atoms with Gasteiger partial charge in [0.15, 0.2) is 0 Å². The van der Waals surface area contributed by atoms with Crippen molar-refractivity contribution in [2.75, 3.05) is 36.8 Å². The van der Waals surface area contributed by atoms with Gasteiger partial charge < -0.3 is 20.6 Å². The molecular weight excluding hydrogens is 270 g/mol. The lowest BCUT2D eigenvalue weighted by Gasteiger charge is -2.27. The lowest BCUT2D eigenvalue weighted by Crippen LogP contribution is -2.40. The van der Waals surface area contributed by atoms with Gasteiger partial charge >= 0.3 is 5.97 Å². The number of anilines is 2. The monoisotopic (exact) mass is 291 g/mol. The third kappa shape index (κ3) is 4.11. The van der Waals surface area contributed by atoms with Crippen molar-refractivity contribution in [3.05, 3.63) is 24.3 Å². The molecule has 6 nitrogen and oxygen atoms in total. The highest BCUT2D eigenvalue weighted by Crippen LogP contribution is 2.23. The number of amides is 1. The van der Waals surface area contributed by atoms with Crippen molar-refractivity contribution in [3.63, 3.8) is 0 Å². The van der Waals surface area contributed by atoms with Crippen LogP contribution in [0.4, 0.5) is 11.4 Å². The summed E-state index contributed by atoms with van der Waals surface area (Å²) in [4.78, 5) is 26.7. The van der Waals surface area contributed by atoms with Crippen molar-refractivity contribution in [1.29, 1.82) is 0 Å². The zero-order valence-electron chi connectivity index (χ0n) is 12.0. The fourth-order valence-electron chi connectivity index (χ4n) is 2.52. The summed E-state index contributed by atoms with van der Waals surface area (Å²) in [7, 11) is 0. The first kappa shape index (κ1) is 15.2. The van der Waals surface area contributed by atoms with Crippen LogP contribution in [0.2, 0.25) is 0 Å². The molecule has 1 aliphatic heterocycles. The molecule has 1 heterocycles. The maximum atomic E-state index is 12.3. The van der Waals surface area contributed by atoms with Gasteiger partial charge in [0.25, 0.3) is 0 Å². The van der Waals surface area contributed by atoms with Crippen molar-refractivity contribution < 1.29 is 14.7 Å². The molecule has 0 bridgehead atoms. The van der Waals surface area contributed by atoms with Crippen LogP contribution in [0.25, 0.3) is 0 Å². The number of benzene rings is 1. The molecule has 0 radical (unpaired) electrons. The van der Waals surface area contributed by atoms with Crippen LogP contribution in [0.15, 0.2) is 24.3 Å². The third-order valence-corrected chi connectivity index (χ3v) is 3.66. The molecule has 3 N–H and O–H groups in total. The highest BCUT2D eigenvalue weighted by Gasteiger charge is 2.21. The summed E-state index contributed by atoms with van der Waals surface area (Å²) < 4.78 is 0. The van der Waals surface area contributed by atoms with E-state index in [1.165, 1.54) is 0 Å². The largest absolute Gasteiger partial charge is 0.481 e. The summed E-state index contributed by atoms with van der Waals surface area (Å²) in [6.45, 7) is 2.01. The summed E-state index contributed by atoms with van der Waals surface area (Å²) >= 11 is 0. The van der Waals surface area contributed by atoms with E-state index in [4.69, 9.17) is 10.8 Å². The molecule has 0 aliphatic carbocycles. The predicted octanol–water partition coefficient (Wildman–Crippen LogP) is 1.17. The van der Waals surface area contributed by atoms with Gasteiger partial charge in [0.1, 0.15) is 0 Å². The first-order valence-electron chi connectivity index (χ1n) is 7.17. The Bertz CT molecular complexity index is 513. The number of carboxylic acids is 1. The second kappa shape index (κ2) is 6.97. The Morgan fingerprint density at radius 1 is 1.24 bits per heavy atom. The molecule has 114 valence electrons. The number of hydrogen-bond donors (Lipinski definition) is 2.